The Balaban J connectivity index is 1.85. The smallest absolute Gasteiger partial charge is 0.281 e. The lowest BCUT2D eigenvalue weighted by Gasteiger charge is -2.35. The third-order valence-corrected chi connectivity index (χ3v) is 5.77. The summed E-state index contributed by atoms with van der Waals surface area (Å²) in [6.07, 6.45) is 1.48. The van der Waals surface area contributed by atoms with E-state index in [1.807, 2.05) is 11.1 Å². The summed E-state index contributed by atoms with van der Waals surface area (Å²) in [7, 11) is 0. The molecule has 4 rings (SSSR count). The molecule has 2 aromatic heterocycles. The van der Waals surface area contributed by atoms with Gasteiger partial charge in [-0.2, -0.15) is 15.2 Å². The van der Waals surface area contributed by atoms with Gasteiger partial charge in [-0.3, -0.25) is 4.79 Å². The number of nitrogens with zero attached hydrogens (tertiary/aromatic N) is 6. The van der Waals surface area contributed by atoms with E-state index in [1.54, 1.807) is 25.1 Å². The summed E-state index contributed by atoms with van der Waals surface area (Å²) >= 11 is 6.34. The van der Waals surface area contributed by atoms with Gasteiger partial charge in [0, 0.05) is 19.1 Å². The Bertz CT molecular complexity index is 1280. The van der Waals surface area contributed by atoms with Crippen LogP contribution in [0.5, 0.6) is 0 Å². The van der Waals surface area contributed by atoms with Crippen LogP contribution in [0, 0.1) is 11.3 Å². The molecule has 0 spiro atoms. The minimum Gasteiger partial charge on any atom is -0.382 e. The van der Waals surface area contributed by atoms with Crippen molar-refractivity contribution in [1.29, 1.82) is 5.26 Å². The Kier molecular flexibility index (Phi) is 5.73. The van der Waals surface area contributed by atoms with Crippen LogP contribution in [0.2, 0.25) is 5.02 Å². The minimum atomic E-state index is -0.539. The molecule has 1 aliphatic heterocycles. The van der Waals surface area contributed by atoms with Crippen molar-refractivity contribution in [2.45, 2.75) is 31.8 Å². The van der Waals surface area contributed by atoms with E-state index < -0.39 is 6.04 Å². The molecule has 3 heterocycles. The number of hydrogen-bond donors (Lipinski definition) is 4. The maximum absolute atomic E-state index is 13.6. The molecule has 1 atom stereocenters. The van der Waals surface area contributed by atoms with Crippen molar-refractivity contribution in [3.05, 3.63) is 45.0 Å². The number of nitrogen functional groups attached to an aromatic ring is 2. The number of fused-ring (bicyclic) bond motifs is 1. The van der Waals surface area contributed by atoms with E-state index in [0.717, 1.165) is 12.8 Å². The molecular weight excluding hydrogens is 432 g/mol. The maximum atomic E-state index is 13.6. The van der Waals surface area contributed by atoms with Gasteiger partial charge < -0.3 is 27.5 Å². The van der Waals surface area contributed by atoms with Gasteiger partial charge in [0.05, 0.1) is 22.0 Å². The van der Waals surface area contributed by atoms with Crippen LogP contribution in [-0.4, -0.2) is 38.8 Å². The number of piperidine rings is 1. The van der Waals surface area contributed by atoms with Gasteiger partial charge in [0.1, 0.15) is 17.5 Å². The van der Waals surface area contributed by atoms with Crippen LogP contribution in [0.15, 0.2) is 23.0 Å². The van der Waals surface area contributed by atoms with Crippen LogP contribution >= 0.6 is 11.6 Å². The van der Waals surface area contributed by atoms with Gasteiger partial charge in [-0.15, -0.1) is 0 Å². The summed E-state index contributed by atoms with van der Waals surface area (Å²) in [5.41, 5.74) is 17.9. The van der Waals surface area contributed by atoms with Gasteiger partial charge in [-0.05, 0) is 31.9 Å². The molecule has 0 amide bonds. The molecule has 1 unspecified atom stereocenters. The molecule has 3 aromatic rings. The molecule has 7 N–H and O–H groups in total. The van der Waals surface area contributed by atoms with E-state index in [2.05, 4.69) is 15.3 Å². The number of rotatable bonds is 4. The molecule has 0 saturated carbocycles. The van der Waals surface area contributed by atoms with Gasteiger partial charge >= 0.3 is 0 Å². The lowest BCUT2D eigenvalue weighted by Crippen LogP contribution is -2.51. The highest BCUT2D eigenvalue weighted by Crippen LogP contribution is 2.26. The predicted molar refractivity (Wildman–Crippen MR) is 124 cm³/mol. The fourth-order valence-electron chi connectivity index (χ4n) is 3.82. The second kappa shape index (κ2) is 8.49. The number of aromatic nitrogens is 4. The average molecular weight is 455 g/mol. The van der Waals surface area contributed by atoms with Gasteiger partial charge in [-0.25, -0.2) is 9.66 Å². The third-order valence-electron chi connectivity index (χ3n) is 5.46. The molecular formula is C20H23ClN10O. The Labute approximate surface area is 188 Å². The van der Waals surface area contributed by atoms with E-state index in [-0.39, 0.29) is 34.7 Å². The molecule has 11 nitrogen and oxygen atoms in total. The van der Waals surface area contributed by atoms with Crippen LogP contribution in [-0.2, 0) is 0 Å². The maximum Gasteiger partial charge on any atom is 0.281 e. The number of nitrogens with two attached hydrogens (primary N) is 3. The molecule has 1 aliphatic rings. The SMILES string of the molecule is CC(Nc1nc(N)nc(N)c1C#N)c1nc2cccc(Cl)c2c(=O)n1N1CCC(N)CC1. The Morgan fingerprint density at radius 3 is 2.66 bits per heavy atom. The van der Waals surface area contributed by atoms with Crippen molar-refractivity contribution in [1.82, 2.24) is 19.6 Å². The number of halogens is 1. The lowest BCUT2D eigenvalue weighted by molar-refractivity contribution is 0.414. The van der Waals surface area contributed by atoms with Crippen LogP contribution in [0.25, 0.3) is 10.9 Å². The third kappa shape index (κ3) is 3.86. The first-order valence-electron chi connectivity index (χ1n) is 10.1. The number of nitrogens with one attached hydrogen (secondary N) is 1. The molecule has 32 heavy (non-hydrogen) atoms. The summed E-state index contributed by atoms with van der Waals surface area (Å²) in [6.45, 7) is 2.99. The molecule has 1 aromatic carbocycles. The minimum absolute atomic E-state index is 0.0321. The van der Waals surface area contributed by atoms with Crippen LogP contribution < -0.4 is 33.1 Å². The Hall–Kier alpha value is -3.62. The summed E-state index contributed by atoms with van der Waals surface area (Å²) < 4.78 is 1.54. The normalized spacial score (nSPS) is 15.5. The fourth-order valence-corrected chi connectivity index (χ4v) is 4.07. The zero-order valence-corrected chi connectivity index (χ0v) is 18.2. The number of benzene rings is 1. The topological polar surface area (TPSA) is 178 Å². The van der Waals surface area contributed by atoms with Gasteiger partial charge in [0.15, 0.2) is 11.6 Å². The zero-order valence-electron chi connectivity index (χ0n) is 17.4. The van der Waals surface area contributed by atoms with E-state index in [0.29, 0.717) is 34.8 Å². The van der Waals surface area contributed by atoms with E-state index in [4.69, 9.17) is 33.8 Å². The van der Waals surface area contributed by atoms with Crippen molar-refractivity contribution in [2.75, 3.05) is 34.9 Å². The summed E-state index contributed by atoms with van der Waals surface area (Å²) in [5, 5.41) is 15.2. The van der Waals surface area contributed by atoms with Crippen LogP contribution in [0.4, 0.5) is 17.6 Å². The standard InChI is InChI=1S/C20H23ClN10O/c1-10(26-17-12(9-22)16(24)28-20(25)29-17)18-27-14-4-2-3-13(21)15(14)19(32)31(18)30-7-5-11(23)6-8-30/h2-4,10-11H,5-8,23H2,1H3,(H5,24,25,26,28,29). The van der Waals surface area contributed by atoms with Crippen molar-refractivity contribution < 1.29 is 0 Å². The molecule has 0 bridgehead atoms. The van der Waals surface area contributed by atoms with E-state index >= 15 is 0 Å². The van der Waals surface area contributed by atoms with Crippen LogP contribution in [0.3, 0.4) is 0 Å². The molecule has 166 valence electrons. The highest BCUT2D eigenvalue weighted by atomic mass is 35.5. The molecule has 0 aliphatic carbocycles. The van der Waals surface area contributed by atoms with Crippen molar-refractivity contribution in [3.63, 3.8) is 0 Å². The Morgan fingerprint density at radius 1 is 1.25 bits per heavy atom. The second-order valence-corrected chi connectivity index (χ2v) is 8.09. The molecule has 1 fully saturated rings. The largest absolute Gasteiger partial charge is 0.382 e. The van der Waals surface area contributed by atoms with Gasteiger partial charge in [0.25, 0.3) is 5.56 Å². The van der Waals surface area contributed by atoms with Crippen molar-refractivity contribution in [3.8, 4) is 6.07 Å². The molecule has 12 heteroatoms. The van der Waals surface area contributed by atoms with Crippen molar-refractivity contribution >= 4 is 40.1 Å². The summed E-state index contributed by atoms with van der Waals surface area (Å²) in [6, 6.07) is 6.66. The number of nitriles is 1. The van der Waals surface area contributed by atoms with Crippen LogP contribution in [0.1, 0.15) is 37.2 Å². The van der Waals surface area contributed by atoms with E-state index in [9.17, 15) is 10.1 Å². The molecule has 1 saturated heterocycles. The highest BCUT2D eigenvalue weighted by molar-refractivity contribution is 6.35. The first-order valence-corrected chi connectivity index (χ1v) is 10.5. The van der Waals surface area contributed by atoms with Gasteiger partial charge in [0.2, 0.25) is 5.95 Å². The summed E-state index contributed by atoms with van der Waals surface area (Å²) in [5.74, 6) is 0.491. The van der Waals surface area contributed by atoms with Crippen molar-refractivity contribution in [2.24, 2.45) is 5.73 Å². The predicted octanol–water partition coefficient (Wildman–Crippen LogP) is 1.11. The Morgan fingerprint density at radius 2 is 1.97 bits per heavy atom. The quantitative estimate of drug-likeness (QED) is 0.446. The monoisotopic (exact) mass is 454 g/mol. The number of anilines is 3. The first-order chi connectivity index (χ1) is 15.3. The average Bonchev–Trinajstić information content (AvgIpc) is 2.74. The summed E-state index contributed by atoms with van der Waals surface area (Å²) in [4.78, 5) is 26.2. The fraction of sp³-hybridized carbons (Fsp3) is 0.350. The van der Waals surface area contributed by atoms with E-state index in [1.165, 1.54) is 4.68 Å². The highest BCUT2D eigenvalue weighted by Gasteiger charge is 2.26. The first kappa shape index (κ1) is 21.6. The van der Waals surface area contributed by atoms with Gasteiger partial charge in [-0.1, -0.05) is 17.7 Å². The second-order valence-electron chi connectivity index (χ2n) is 7.68. The number of hydrogen-bond acceptors (Lipinski definition) is 10. The molecule has 0 radical (unpaired) electrons. The zero-order chi connectivity index (χ0) is 23.0. The lowest BCUT2D eigenvalue weighted by atomic mass is 10.1.